The van der Waals surface area contributed by atoms with Gasteiger partial charge in [0.1, 0.15) is 12.2 Å². The van der Waals surface area contributed by atoms with Crippen LogP contribution >= 0.6 is 0 Å². The fraction of sp³-hybridized carbons (Fsp3) is 0.714. The molecular weight excluding hydrogens is 146 g/mol. The van der Waals surface area contributed by atoms with Crippen molar-refractivity contribution in [3.63, 3.8) is 0 Å². The Hall–Kier alpha value is -1.08. The first kappa shape index (κ1) is 9.92. The molecule has 0 bridgehead atoms. The van der Waals surface area contributed by atoms with Gasteiger partial charge in [0.05, 0.1) is 12.5 Å². The molecule has 1 N–H and O–H groups in total. The maximum atomic E-state index is 10.6. The third-order valence-electron chi connectivity index (χ3n) is 1.04. The van der Waals surface area contributed by atoms with Crippen molar-refractivity contribution in [2.75, 3.05) is 0 Å². The van der Waals surface area contributed by atoms with E-state index < -0.39 is 18.2 Å². The molecule has 11 heavy (non-hydrogen) atoms. The van der Waals surface area contributed by atoms with Crippen molar-refractivity contribution in [2.45, 2.75) is 32.5 Å². The Balaban J connectivity index is 3.68. The Labute approximate surface area is 65.4 Å². The van der Waals surface area contributed by atoms with Crippen molar-refractivity contribution in [2.24, 2.45) is 0 Å². The van der Waals surface area contributed by atoms with E-state index in [0.29, 0.717) is 0 Å². The van der Waals surface area contributed by atoms with Gasteiger partial charge in [-0.1, -0.05) is 0 Å². The lowest BCUT2D eigenvalue weighted by Gasteiger charge is -2.10. The summed E-state index contributed by atoms with van der Waals surface area (Å²) in [5, 5.41) is 16.9. The lowest BCUT2D eigenvalue weighted by Crippen LogP contribution is -2.23. The second-order valence-corrected chi connectivity index (χ2v) is 2.29. The van der Waals surface area contributed by atoms with Crippen molar-refractivity contribution < 1.29 is 14.6 Å². The van der Waals surface area contributed by atoms with Gasteiger partial charge < -0.3 is 9.84 Å². The number of nitrogens with zero attached hydrogens (tertiary/aromatic N) is 1. The fourth-order valence-corrected chi connectivity index (χ4v) is 0.467. The number of nitriles is 1. The molecule has 0 aliphatic carbocycles. The molecule has 0 fully saturated rings. The first-order valence-electron chi connectivity index (χ1n) is 3.33. The third-order valence-corrected chi connectivity index (χ3v) is 1.04. The number of aliphatic hydroxyl groups is 1. The zero-order valence-corrected chi connectivity index (χ0v) is 6.57. The van der Waals surface area contributed by atoms with Crippen LogP contribution in [0.25, 0.3) is 0 Å². The van der Waals surface area contributed by atoms with Crippen molar-refractivity contribution >= 4 is 5.97 Å². The SMILES string of the molecule is CC(CC#N)OC(=O)[C@H](C)O. The van der Waals surface area contributed by atoms with Gasteiger partial charge in [-0.3, -0.25) is 0 Å². The van der Waals surface area contributed by atoms with Gasteiger partial charge in [-0.2, -0.15) is 5.26 Å². The molecule has 0 aromatic rings. The zero-order valence-electron chi connectivity index (χ0n) is 6.57. The standard InChI is InChI=1S/C7H11NO3/c1-5(3-4-8)11-7(10)6(2)9/h5-6,9H,3H2,1-2H3/t5?,6-/m0/s1. The van der Waals surface area contributed by atoms with Crippen molar-refractivity contribution in [1.29, 1.82) is 5.26 Å². The normalized spacial score (nSPS) is 14.7. The summed E-state index contributed by atoms with van der Waals surface area (Å²) in [6.45, 7) is 2.92. The van der Waals surface area contributed by atoms with E-state index in [1.165, 1.54) is 6.92 Å². The number of carbonyl (C=O) groups is 1. The molecule has 0 amide bonds. The molecule has 0 saturated carbocycles. The molecule has 4 heteroatoms. The summed E-state index contributed by atoms with van der Waals surface area (Å²) >= 11 is 0. The topological polar surface area (TPSA) is 70.3 Å². The van der Waals surface area contributed by atoms with Crippen LogP contribution in [-0.4, -0.2) is 23.3 Å². The highest BCUT2D eigenvalue weighted by atomic mass is 16.6. The van der Waals surface area contributed by atoms with Crippen molar-refractivity contribution in [3.8, 4) is 6.07 Å². The minimum Gasteiger partial charge on any atom is -0.460 e. The second kappa shape index (κ2) is 4.69. The summed E-state index contributed by atoms with van der Waals surface area (Å²) in [6, 6.07) is 1.85. The summed E-state index contributed by atoms with van der Waals surface area (Å²) in [5.41, 5.74) is 0. The van der Waals surface area contributed by atoms with Crippen LogP contribution in [0, 0.1) is 11.3 Å². The smallest absolute Gasteiger partial charge is 0.334 e. The van der Waals surface area contributed by atoms with E-state index in [-0.39, 0.29) is 6.42 Å². The van der Waals surface area contributed by atoms with Crippen LogP contribution in [-0.2, 0) is 9.53 Å². The number of rotatable bonds is 3. The molecule has 0 aromatic heterocycles. The summed E-state index contributed by atoms with van der Waals surface area (Å²) in [7, 11) is 0. The Kier molecular flexibility index (Phi) is 4.23. The van der Waals surface area contributed by atoms with E-state index in [2.05, 4.69) is 4.74 Å². The second-order valence-electron chi connectivity index (χ2n) is 2.29. The monoisotopic (exact) mass is 157 g/mol. The van der Waals surface area contributed by atoms with Crippen molar-refractivity contribution in [1.82, 2.24) is 0 Å². The first-order valence-corrected chi connectivity index (χ1v) is 3.33. The average Bonchev–Trinajstić information content (AvgIpc) is 1.87. The van der Waals surface area contributed by atoms with Crippen LogP contribution in [0.15, 0.2) is 0 Å². The fourth-order valence-electron chi connectivity index (χ4n) is 0.467. The molecule has 2 atom stereocenters. The molecule has 0 spiro atoms. The van der Waals surface area contributed by atoms with Crippen LogP contribution in [0.2, 0.25) is 0 Å². The third kappa shape index (κ3) is 4.34. The van der Waals surface area contributed by atoms with Gasteiger partial charge in [-0.05, 0) is 13.8 Å². The van der Waals surface area contributed by atoms with E-state index in [4.69, 9.17) is 10.4 Å². The Morgan fingerprint density at radius 1 is 1.73 bits per heavy atom. The van der Waals surface area contributed by atoms with Gasteiger partial charge in [-0.25, -0.2) is 4.79 Å². The molecule has 0 aliphatic heterocycles. The Bertz CT molecular complexity index is 171. The Morgan fingerprint density at radius 2 is 2.27 bits per heavy atom. The van der Waals surface area contributed by atoms with E-state index in [9.17, 15) is 4.79 Å². The number of hydrogen-bond acceptors (Lipinski definition) is 4. The maximum absolute atomic E-state index is 10.6. The number of carbonyl (C=O) groups excluding carboxylic acids is 1. The molecule has 4 nitrogen and oxygen atoms in total. The lowest BCUT2D eigenvalue weighted by molar-refractivity contribution is -0.156. The summed E-state index contributed by atoms with van der Waals surface area (Å²) in [4.78, 5) is 10.6. The Morgan fingerprint density at radius 3 is 2.64 bits per heavy atom. The maximum Gasteiger partial charge on any atom is 0.334 e. The van der Waals surface area contributed by atoms with Gasteiger partial charge in [-0.15, -0.1) is 0 Å². The summed E-state index contributed by atoms with van der Waals surface area (Å²) < 4.78 is 4.64. The van der Waals surface area contributed by atoms with Crippen LogP contribution < -0.4 is 0 Å². The first-order chi connectivity index (χ1) is 5.07. The van der Waals surface area contributed by atoms with E-state index in [1.54, 1.807) is 6.92 Å². The van der Waals surface area contributed by atoms with Gasteiger partial charge in [0.15, 0.2) is 0 Å². The molecule has 0 saturated heterocycles. The molecule has 0 aliphatic rings. The predicted molar refractivity (Wildman–Crippen MR) is 37.5 cm³/mol. The minimum atomic E-state index is -1.11. The largest absolute Gasteiger partial charge is 0.460 e. The van der Waals surface area contributed by atoms with Crippen LogP contribution in [0.1, 0.15) is 20.3 Å². The summed E-state index contributed by atoms with van der Waals surface area (Å²) in [6.07, 6.45) is -1.41. The van der Waals surface area contributed by atoms with Gasteiger partial charge in [0.25, 0.3) is 0 Å². The molecule has 0 radical (unpaired) electrons. The van der Waals surface area contributed by atoms with Crippen molar-refractivity contribution in [3.05, 3.63) is 0 Å². The van der Waals surface area contributed by atoms with E-state index >= 15 is 0 Å². The molecular formula is C7H11NO3. The lowest BCUT2D eigenvalue weighted by atomic mass is 10.3. The number of hydrogen-bond donors (Lipinski definition) is 1. The highest BCUT2D eigenvalue weighted by Crippen LogP contribution is 1.98. The minimum absolute atomic E-state index is 0.151. The highest BCUT2D eigenvalue weighted by molar-refractivity contribution is 5.73. The molecule has 62 valence electrons. The number of esters is 1. The molecule has 1 unspecified atom stereocenters. The van der Waals surface area contributed by atoms with E-state index in [1.807, 2.05) is 6.07 Å². The van der Waals surface area contributed by atoms with Gasteiger partial charge in [0, 0.05) is 0 Å². The molecule has 0 heterocycles. The van der Waals surface area contributed by atoms with Crippen LogP contribution in [0.4, 0.5) is 0 Å². The quantitative estimate of drug-likeness (QED) is 0.594. The number of aliphatic hydroxyl groups excluding tert-OH is 1. The molecule has 0 rings (SSSR count). The summed E-state index contributed by atoms with van der Waals surface area (Å²) in [5.74, 6) is -0.687. The van der Waals surface area contributed by atoms with Crippen LogP contribution in [0.5, 0.6) is 0 Å². The molecule has 0 aromatic carbocycles. The zero-order chi connectivity index (χ0) is 8.85. The van der Waals surface area contributed by atoms with Crippen LogP contribution in [0.3, 0.4) is 0 Å². The highest BCUT2D eigenvalue weighted by Gasteiger charge is 2.13. The van der Waals surface area contributed by atoms with E-state index in [0.717, 1.165) is 0 Å². The van der Waals surface area contributed by atoms with Gasteiger partial charge in [0.2, 0.25) is 0 Å². The average molecular weight is 157 g/mol. The number of ether oxygens (including phenoxy) is 1. The predicted octanol–water partition coefficient (Wildman–Crippen LogP) is 0.213. The van der Waals surface area contributed by atoms with Gasteiger partial charge >= 0.3 is 5.97 Å².